The molecular formula is C31H52O. The van der Waals surface area contributed by atoms with Crippen molar-refractivity contribution in [3.63, 3.8) is 0 Å². The maximum Gasteiger partial charge on any atom is 0.0625 e. The first kappa shape index (κ1) is 23.4. The molecule has 0 aromatic carbocycles. The second-order valence-corrected chi connectivity index (χ2v) is 14.9. The molecule has 0 aromatic heterocycles. The van der Waals surface area contributed by atoms with Gasteiger partial charge in [-0.15, -0.1) is 0 Å². The molecule has 32 heavy (non-hydrogen) atoms. The van der Waals surface area contributed by atoms with Gasteiger partial charge in [0.25, 0.3) is 0 Å². The van der Waals surface area contributed by atoms with E-state index in [0.717, 1.165) is 29.6 Å². The summed E-state index contributed by atoms with van der Waals surface area (Å²) in [7, 11) is 1.94. The van der Waals surface area contributed by atoms with Crippen molar-refractivity contribution in [2.45, 2.75) is 119 Å². The van der Waals surface area contributed by atoms with Crippen LogP contribution in [0.2, 0.25) is 0 Å². The Morgan fingerprint density at radius 2 is 1.50 bits per heavy atom. The molecule has 0 radical (unpaired) electrons. The van der Waals surface area contributed by atoms with Crippen LogP contribution in [0.1, 0.15) is 113 Å². The zero-order valence-electron chi connectivity index (χ0n) is 22.8. The highest BCUT2D eigenvalue weighted by molar-refractivity contribution is 5.33. The molecule has 5 aliphatic carbocycles. The van der Waals surface area contributed by atoms with E-state index in [1.54, 1.807) is 0 Å². The molecule has 0 spiro atoms. The van der Waals surface area contributed by atoms with Gasteiger partial charge in [0.2, 0.25) is 0 Å². The molecule has 0 amide bonds. The van der Waals surface area contributed by atoms with Crippen LogP contribution in [0.25, 0.3) is 0 Å². The third kappa shape index (κ3) is 2.67. The summed E-state index contributed by atoms with van der Waals surface area (Å²) in [6.45, 7) is 20.9. The van der Waals surface area contributed by atoms with Crippen LogP contribution in [0, 0.1) is 56.7 Å². The van der Waals surface area contributed by atoms with Gasteiger partial charge in [-0.05, 0) is 114 Å². The Morgan fingerprint density at radius 1 is 0.812 bits per heavy atom. The van der Waals surface area contributed by atoms with Crippen molar-refractivity contribution < 1.29 is 4.74 Å². The molecule has 0 bridgehead atoms. The summed E-state index contributed by atoms with van der Waals surface area (Å²) in [6, 6.07) is 0. The Kier molecular flexibility index (Phi) is 5.21. The van der Waals surface area contributed by atoms with Gasteiger partial charge in [-0.2, -0.15) is 0 Å². The molecule has 9 atom stereocenters. The van der Waals surface area contributed by atoms with E-state index in [4.69, 9.17) is 4.74 Å². The van der Waals surface area contributed by atoms with Gasteiger partial charge in [-0.1, -0.05) is 67.0 Å². The fourth-order valence-electron chi connectivity index (χ4n) is 11.7. The number of rotatable bonds is 2. The number of hydrogen-bond acceptors (Lipinski definition) is 1. The average Bonchev–Trinajstić information content (AvgIpc) is 3.08. The molecule has 0 heterocycles. The van der Waals surface area contributed by atoms with Crippen LogP contribution >= 0.6 is 0 Å². The molecule has 0 aromatic rings. The minimum Gasteiger partial charge on any atom is -0.381 e. The van der Waals surface area contributed by atoms with Crippen LogP contribution in [-0.2, 0) is 4.74 Å². The second kappa shape index (κ2) is 7.11. The Labute approximate surface area is 199 Å². The molecule has 1 nitrogen and oxygen atoms in total. The van der Waals surface area contributed by atoms with Gasteiger partial charge in [0.1, 0.15) is 0 Å². The van der Waals surface area contributed by atoms with Gasteiger partial charge in [0.15, 0.2) is 0 Å². The topological polar surface area (TPSA) is 9.23 Å². The molecule has 182 valence electrons. The van der Waals surface area contributed by atoms with Crippen LogP contribution in [-0.4, -0.2) is 13.2 Å². The lowest BCUT2D eigenvalue weighted by Crippen LogP contribution is -2.62. The first-order valence-corrected chi connectivity index (χ1v) is 14.1. The van der Waals surface area contributed by atoms with Gasteiger partial charge in [-0.3, -0.25) is 0 Å². The van der Waals surface area contributed by atoms with E-state index in [2.05, 4.69) is 61.5 Å². The maximum atomic E-state index is 6.03. The second-order valence-electron chi connectivity index (χ2n) is 14.9. The summed E-state index contributed by atoms with van der Waals surface area (Å²) in [5.74, 6) is 4.23. The van der Waals surface area contributed by atoms with Crippen LogP contribution < -0.4 is 0 Å². The van der Waals surface area contributed by atoms with Crippen molar-refractivity contribution in [1.82, 2.24) is 0 Å². The van der Waals surface area contributed by atoms with Gasteiger partial charge in [0.05, 0.1) is 6.10 Å². The van der Waals surface area contributed by atoms with Crippen molar-refractivity contribution in [1.29, 1.82) is 0 Å². The molecule has 4 fully saturated rings. The van der Waals surface area contributed by atoms with E-state index in [0.29, 0.717) is 27.8 Å². The number of fused-ring (bicyclic) bond motifs is 7. The lowest BCUT2D eigenvalue weighted by atomic mass is 9.35. The van der Waals surface area contributed by atoms with E-state index in [-0.39, 0.29) is 5.41 Å². The fourth-order valence-corrected chi connectivity index (χ4v) is 11.7. The zero-order chi connectivity index (χ0) is 23.3. The zero-order valence-corrected chi connectivity index (χ0v) is 22.8. The summed E-state index contributed by atoms with van der Waals surface area (Å²) in [5, 5.41) is 0. The normalized spacial score (nSPS) is 54.3. The Balaban J connectivity index is 1.54. The Morgan fingerprint density at radius 3 is 2.16 bits per heavy atom. The summed E-state index contributed by atoms with van der Waals surface area (Å²) in [6.07, 6.45) is 15.8. The molecular weight excluding hydrogens is 388 g/mol. The van der Waals surface area contributed by atoms with Crippen molar-refractivity contribution >= 4 is 0 Å². The summed E-state index contributed by atoms with van der Waals surface area (Å²) in [4.78, 5) is 0. The Hall–Kier alpha value is -0.300. The van der Waals surface area contributed by atoms with Crippen molar-refractivity contribution in [2.24, 2.45) is 56.7 Å². The monoisotopic (exact) mass is 440 g/mol. The van der Waals surface area contributed by atoms with Crippen LogP contribution in [0.4, 0.5) is 0 Å². The van der Waals surface area contributed by atoms with Crippen molar-refractivity contribution in [3.05, 3.63) is 11.6 Å². The maximum absolute atomic E-state index is 6.03. The van der Waals surface area contributed by atoms with Gasteiger partial charge < -0.3 is 4.74 Å². The van der Waals surface area contributed by atoms with Crippen LogP contribution in [0.3, 0.4) is 0 Å². The van der Waals surface area contributed by atoms with Crippen molar-refractivity contribution in [3.8, 4) is 0 Å². The number of allylic oxidation sites excluding steroid dienone is 2. The molecule has 0 saturated heterocycles. The van der Waals surface area contributed by atoms with Gasteiger partial charge in [0, 0.05) is 7.11 Å². The van der Waals surface area contributed by atoms with E-state index < -0.39 is 0 Å². The predicted octanol–water partition coefficient (Wildman–Crippen LogP) is 8.68. The van der Waals surface area contributed by atoms with Crippen LogP contribution in [0.5, 0.6) is 0 Å². The quantitative estimate of drug-likeness (QED) is 0.390. The number of ether oxygens (including phenoxy) is 1. The minimum atomic E-state index is 0.274. The molecule has 0 unspecified atom stereocenters. The van der Waals surface area contributed by atoms with E-state index >= 15 is 0 Å². The highest BCUT2D eigenvalue weighted by Crippen LogP contribution is 2.76. The molecule has 5 rings (SSSR count). The van der Waals surface area contributed by atoms with Gasteiger partial charge >= 0.3 is 0 Å². The fraction of sp³-hybridized carbons (Fsp3) is 0.935. The van der Waals surface area contributed by atoms with Crippen LogP contribution in [0.15, 0.2) is 11.6 Å². The summed E-state index contributed by atoms with van der Waals surface area (Å²) < 4.78 is 6.03. The largest absolute Gasteiger partial charge is 0.381 e. The minimum absolute atomic E-state index is 0.274. The number of methoxy groups -OCH3 is 1. The molecule has 0 N–H and O–H groups in total. The predicted molar refractivity (Wildman–Crippen MR) is 135 cm³/mol. The summed E-state index contributed by atoms with van der Waals surface area (Å²) >= 11 is 0. The third-order valence-electron chi connectivity index (χ3n) is 13.5. The smallest absolute Gasteiger partial charge is 0.0625 e. The molecule has 5 aliphatic rings. The van der Waals surface area contributed by atoms with E-state index in [1.165, 1.54) is 57.8 Å². The highest BCUT2D eigenvalue weighted by Gasteiger charge is 2.68. The third-order valence-corrected chi connectivity index (χ3v) is 13.5. The SMILES string of the molecule is CO[C@@H]1CC[C@]2(C)C3=CC[C@@]4(C)[C@H]5CC[C@@H](C(C)C)[C@]5(C)CC[C@@]4(C)[C@H]3CC[C@H]2C1(C)C. The lowest BCUT2D eigenvalue weighted by Gasteiger charge is -2.69. The Bertz CT molecular complexity index is 792. The number of hydrogen-bond donors (Lipinski definition) is 0. The first-order chi connectivity index (χ1) is 14.9. The molecule has 0 aliphatic heterocycles. The average molecular weight is 441 g/mol. The first-order valence-electron chi connectivity index (χ1n) is 14.1. The lowest BCUT2D eigenvalue weighted by molar-refractivity contribution is -0.168. The molecule has 1 heteroatoms. The summed E-state index contributed by atoms with van der Waals surface area (Å²) in [5.41, 5.74) is 4.05. The molecule has 4 saturated carbocycles. The van der Waals surface area contributed by atoms with Gasteiger partial charge in [-0.25, -0.2) is 0 Å². The van der Waals surface area contributed by atoms with E-state index in [1.807, 2.05) is 12.7 Å². The van der Waals surface area contributed by atoms with E-state index in [9.17, 15) is 0 Å². The standard InChI is InChI=1S/C31H52O/c1-20(2)21-10-13-25-29(21,6)18-19-30(7)23-11-12-24-27(3,4)26(32-9)15-16-28(24,5)22(23)14-17-31(25,30)8/h14,20-21,23-26H,10-13,15-19H2,1-9H3/t21-,23-,24-,25-,26+,28+,29-,30-,31-/m0/s1. The highest BCUT2D eigenvalue weighted by atomic mass is 16.5. The van der Waals surface area contributed by atoms with Crippen molar-refractivity contribution in [2.75, 3.05) is 7.11 Å².